The van der Waals surface area contributed by atoms with E-state index >= 15 is 0 Å². The highest BCUT2D eigenvalue weighted by atomic mass is 15.1. The van der Waals surface area contributed by atoms with Gasteiger partial charge in [-0.3, -0.25) is 0 Å². The van der Waals surface area contributed by atoms with Gasteiger partial charge in [0, 0.05) is 22.1 Å². The van der Waals surface area contributed by atoms with Crippen molar-refractivity contribution in [2.24, 2.45) is 0 Å². The first kappa shape index (κ1) is 11.3. The lowest BCUT2D eigenvalue weighted by molar-refractivity contribution is 0.398. The van der Waals surface area contributed by atoms with Crippen LogP contribution in [0.15, 0.2) is 24.3 Å². The summed E-state index contributed by atoms with van der Waals surface area (Å²) in [6.45, 7) is 11.3. The second-order valence-corrected chi connectivity index (χ2v) is 5.45. The SMILES string of the molecule is CCc1c(C)c2ccccc2n1C(C)(C)C. The molecule has 0 unspecified atom stereocenters. The molecular weight excluding hydrogens is 194 g/mol. The highest BCUT2D eigenvalue weighted by Gasteiger charge is 2.21. The van der Waals surface area contributed by atoms with Crippen molar-refractivity contribution in [1.82, 2.24) is 4.57 Å². The van der Waals surface area contributed by atoms with E-state index in [1.165, 1.54) is 22.2 Å². The minimum Gasteiger partial charge on any atom is -0.339 e. The van der Waals surface area contributed by atoms with Gasteiger partial charge in [0.05, 0.1) is 0 Å². The van der Waals surface area contributed by atoms with Crippen LogP contribution in [-0.4, -0.2) is 4.57 Å². The van der Waals surface area contributed by atoms with E-state index in [9.17, 15) is 0 Å². The van der Waals surface area contributed by atoms with Crippen molar-refractivity contribution in [3.8, 4) is 0 Å². The van der Waals surface area contributed by atoms with Gasteiger partial charge in [0.1, 0.15) is 0 Å². The van der Waals surface area contributed by atoms with E-state index in [1.54, 1.807) is 0 Å². The molecule has 0 aliphatic heterocycles. The zero-order valence-corrected chi connectivity index (χ0v) is 11.0. The van der Waals surface area contributed by atoms with E-state index in [2.05, 4.69) is 63.5 Å². The van der Waals surface area contributed by atoms with Crippen molar-refractivity contribution in [2.45, 2.75) is 46.6 Å². The van der Waals surface area contributed by atoms with Gasteiger partial charge in [-0.15, -0.1) is 0 Å². The third-order valence-electron chi connectivity index (χ3n) is 3.26. The molecule has 0 saturated carbocycles. The van der Waals surface area contributed by atoms with Crippen molar-refractivity contribution in [2.75, 3.05) is 0 Å². The Balaban J connectivity index is 2.89. The molecule has 2 rings (SSSR count). The van der Waals surface area contributed by atoms with Crippen molar-refractivity contribution in [1.29, 1.82) is 0 Å². The fourth-order valence-electron chi connectivity index (χ4n) is 2.64. The summed E-state index contributed by atoms with van der Waals surface area (Å²) < 4.78 is 2.48. The van der Waals surface area contributed by atoms with Gasteiger partial charge in [-0.2, -0.15) is 0 Å². The summed E-state index contributed by atoms with van der Waals surface area (Å²) in [5.41, 5.74) is 4.42. The molecule has 1 aromatic heterocycles. The maximum absolute atomic E-state index is 2.48. The summed E-state index contributed by atoms with van der Waals surface area (Å²) in [6, 6.07) is 8.71. The maximum Gasteiger partial charge on any atom is 0.0490 e. The van der Waals surface area contributed by atoms with E-state index in [0.717, 1.165) is 6.42 Å². The highest BCUT2D eigenvalue weighted by molar-refractivity contribution is 5.85. The van der Waals surface area contributed by atoms with E-state index in [4.69, 9.17) is 0 Å². The Hall–Kier alpha value is -1.24. The second kappa shape index (κ2) is 3.65. The minimum absolute atomic E-state index is 0.152. The van der Waals surface area contributed by atoms with Crippen LogP contribution in [0.3, 0.4) is 0 Å². The number of nitrogens with zero attached hydrogens (tertiary/aromatic N) is 1. The number of hydrogen-bond acceptors (Lipinski definition) is 0. The number of aromatic nitrogens is 1. The number of rotatable bonds is 1. The van der Waals surface area contributed by atoms with Crippen LogP contribution in [0.5, 0.6) is 0 Å². The standard InChI is InChI=1S/C15H21N/c1-6-13-11(2)12-9-7-8-10-14(12)16(13)15(3,4)5/h7-10H,6H2,1-5H3. The van der Waals surface area contributed by atoms with Gasteiger partial charge in [-0.25, -0.2) is 0 Å². The second-order valence-electron chi connectivity index (χ2n) is 5.45. The highest BCUT2D eigenvalue weighted by Crippen LogP contribution is 2.31. The molecule has 0 aliphatic carbocycles. The predicted molar refractivity (Wildman–Crippen MR) is 71.0 cm³/mol. The van der Waals surface area contributed by atoms with Crippen molar-refractivity contribution in [3.63, 3.8) is 0 Å². The van der Waals surface area contributed by atoms with Crippen LogP contribution >= 0.6 is 0 Å². The van der Waals surface area contributed by atoms with Crippen molar-refractivity contribution in [3.05, 3.63) is 35.5 Å². The lowest BCUT2D eigenvalue weighted by atomic mass is 10.1. The lowest BCUT2D eigenvalue weighted by Gasteiger charge is -2.26. The first-order valence-electron chi connectivity index (χ1n) is 6.06. The minimum atomic E-state index is 0.152. The molecule has 0 spiro atoms. The smallest absolute Gasteiger partial charge is 0.0490 e. The van der Waals surface area contributed by atoms with Gasteiger partial charge in [-0.1, -0.05) is 25.1 Å². The topological polar surface area (TPSA) is 4.93 Å². The molecule has 0 atom stereocenters. The Kier molecular flexibility index (Phi) is 2.57. The molecule has 0 aliphatic rings. The monoisotopic (exact) mass is 215 g/mol. The number of aryl methyl sites for hydroxylation is 1. The molecular formula is C15H21N. The Bertz CT molecular complexity index is 512. The predicted octanol–water partition coefficient (Wildman–Crippen LogP) is 4.27. The quantitative estimate of drug-likeness (QED) is 0.669. The largest absolute Gasteiger partial charge is 0.339 e. The Morgan fingerprint density at radius 3 is 2.31 bits per heavy atom. The molecule has 1 aromatic carbocycles. The number of benzene rings is 1. The molecule has 1 heterocycles. The third kappa shape index (κ3) is 1.55. The van der Waals surface area contributed by atoms with Crippen LogP contribution in [0.1, 0.15) is 39.0 Å². The average Bonchev–Trinajstić information content (AvgIpc) is 2.51. The van der Waals surface area contributed by atoms with Crippen LogP contribution in [0.4, 0.5) is 0 Å². The fourth-order valence-corrected chi connectivity index (χ4v) is 2.64. The van der Waals surface area contributed by atoms with Crippen LogP contribution in [-0.2, 0) is 12.0 Å². The Labute approximate surface area is 98.1 Å². The van der Waals surface area contributed by atoms with Gasteiger partial charge in [0.25, 0.3) is 0 Å². The zero-order valence-electron chi connectivity index (χ0n) is 11.0. The normalized spacial score (nSPS) is 12.3. The Morgan fingerprint density at radius 1 is 1.12 bits per heavy atom. The van der Waals surface area contributed by atoms with Gasteiger partial charge >= 0.3 is 0 Å². The fraction of sp³-hybridized carbons (Fsp3) is 0.467. The molecule has 86 valence electrons. The van der Waals surface area contributed by atoms with E-state index in [-0.39, 0.29) is 5.54 Å². The number of hydrogen-bond donors (Lipinski definition) is 0. The molecule has 0 amide bonds. The molecule has 0 fully saturated rings. The summed E-state index contributed by atoms with van der Waals surface area (Å²) in [7, 11) is 0. The van der Waals surface area contributed by atoms with E-state index in [0.29, 0.717) is 0 Å². The van der Waals surface area contributed by atoms with Crippen molar-refractivity contribution >= 4 is 10.9 Å². The van der Waals surface area contributed by atoms with Crippen molar-refractivity contribution < 1.29 is 0 Å². The zero-order chi connectivity index (χ0) is 11.9. The Morgan fingerprint density at radius 2 is 1.75 bits per heavy atom. The summed E-state index contributed by atoms with van der Waals surface area (Å²) in [5, 5.41) is 1.40. The van der Waals surface area contributed by atoms with Gasteiger partial charge in [-0.05, 0) is 45.7 Å². The van der Waals surface area contributed by atoms with Crippen LogP contribution in [0, 0.1) is 6.92 Å². The molecule has 0 N–H and O–H groups in total. The van der Waals surface area contributed by atoms with Crippen LogP contribution in [0.2, 0.25) is 0 Å². The first-order valence-corrected chi connectivity index (χ1v) is 6.06. The number of para-hydroxylation sites is 1. The molecule has 1 nitrogen and oxygen atoms in total. The van der Waals surface area contributed by atoms with E-state index in [1.807, 2.05) is 0 Å². The molecule has 0 bridgehead atoms. The molecule has 0 saturated heterocycles. The summed E-state index contributed by atoms with van der Waals surface area (Å²) in [4.78, 5) is 0. The molecule has 2 aromatic rings. The van der Waals surface area contributed by atoms with Gasteiger partial charge < -0.3 is 4.57 Å². The van der Waals surface area contributed by atoms with Gasteiger partial charge in [0.15, 0.2) is 0 Å². The summed E-state index contributed by atoms with van der Waals surface area (Å²) in [5.74, 6) is 0. The maximum atomic E-state index is 2.48. The first-order chi connectivity index (χ1) is 7.46. The lowest BCUT2D eigenvalue weighted by Crippen LogP contribution is -2.23. The van der Waals surface area contributed by atoms with Gasteiger partial charge in [0.2, 0.25) is 0 Å². The van der Waals surface area contributed by atoms with E-state index < -0.39 is 0 Å². The molecule has 1 heteroatoms. The third-order valence-corrected chi connectivity index (χ3v) is 3.26. The molecule has 16 heavy (non-hydrogen) atoms. The average molecular weight is 215 g/mol. The number of fused-ring (bicyclic) bond motifs is 1. The summed E-state index contributed by atoms with van der Waals surface area (Å²) >= 11 is 0. The van der Waals surface area contributed by atoms with Crippen LogP contribution < -0.4 is 0 Å². The van der Waals surface area contributed by atoms with Crippen LogP contribution in [0.25, 0.3) is 10.9 Å². The molecule has 0 radical (unpaired) electrons. The summed E-state index contributed by atoms with van der Waals surface area (Å²) in [6.07, 6.45) is 1.10.